The summed E-state index contributed by atoms with van der Waals surface area (Å²) in [4.78, 5) is 10.2. The topological polar surface area (TPSA) is 17.1 Å². The smallest absolute Gasteiger partial charge is 0.302 e. The van der Waals surface area contributed by atoms with Crippen LogP contribution in [0.3, 0.4) is 0 Å². The average Bonchev–Trinajstić information content (AvgIpc) is 2.38. The predicted molar refractivity (Wildman–Crippen MR) is 39.2 cm³/mol. The minimum Gasteiger partial charge on any atom is -0.302 e. The van der Waals surface area contributed by atoms with E-state index in [1.807, 2.05) is 0 Å². The Morgan fingerprint density at radius 2 is 2.17 bits per heavy atom. The zero-order valence-electron chi connectivity index (χ0n) is 5.84. The zero-order chi connectivity index (χ0) is 9.19. The molecule has 1 rings (SSSR count). The molecule has 0 amide bonds. The van der Waals surface area contributed by atoms with Gasteiger partial charge in [-0.3, -0.25) is 0 Å². The van der Waals surface area contributed by atoms with Crippen LogP contribution in [0.15, 0.2) is 17.5 Å². The molecule has 0 N–H and O–H groups in total. The molecule has 1 atom stereocenters. The van der Waals surface area contributed by atoms with Gasteiger partial charge in [0.25, 0.3) is 0 Å². The van der Waals surface area contributed by atoms with Crippen LogP contribution in [-0.2, 0) is 4.79 Å². The van der Waals surface area contributed by atoms with Crippen molar-refractivity contribution in [3.8, 4) is 0 Å². The summed E-state index contributed by atoms with van der Waals surface area (Å²) in [6, 6.07) is 2.79. The quantitative estimate of drug-likeness (QED) is 0.661. The van der Waals surface area contributed by atoms with Crippen LogP contribution >= 0.6 is 11.3 Å². The lowest BCUT2D eigenvalue weighted by atomic mass is 10.1. The molecule has 1 aromatic rings. The standard InChI is InChI=1S/C7H5F3OS/c8-7(9,10)5(4-11)6-2-1-3-12-6/h1-5H. The van der Waals surface area contributed by atoms with Gasteiger partial charge in [-0.1, -0.05) is 6.07 Å². The molecule has 0 spiro atoms. The summed E-state index contributed by atoms with van der Waals surface area (Å²) in [5.74, 6) is -1.96. The van der Waals surface area contributed by atoms with E-state index in [1.54, 1.807) is 0 Å². The number of halogens is 3. The van der Waals surface area contributed by atoms with Gasteiger partial charge in [0, 0.05) is 4.88 Å². The summed E-state index contributed by atoms with van der Waals surface area (Å²) in [6.45, 7) is 0. The Kier molecular flexibility index (Phi) is 2.52. The molecule has 1 aromatic heterocycles. The molecule has 5 heteroatoms. The van der Waals surface area contributed by atoms with Gasteiger partial charge in [-0.25, -0.2) is 0 Å². The third-order valence-electron chi connectivity index (χ3n) is 1.34. The molecule has 66 valence electrons. The van der Waals surface area contributed by atoms with Crippen molar-refractivity contribution in [3.63, 3.8) is 0 Å². The van der Waals surface area contributed by atoms with Gasteiger partial charge in [-0.15, -0.1) is 11.3 Å². The van der Waals surface area contributed by atoms with Crippen LogP contribution in [0.4, 0.5) is 13.2 Å². The maximum absolute atomic E-state index is 12.1. The average molecular weight is 194 g/mol. The van der Waals surface area contributed by atoms with E-state index >= 15 is 0 Å². The van der Waals surface area contributed by atoms with E-state index in [2.05, 4.69) is 0 Å². The number of aldehydes is 1. The fourth-order valence-corrected chi connectivity index (χ4v) is 1.58. The van der Waals surface area contributed by atoms with E-state index in [0.29, 0.717) is 0 Å². The summed E-state index contributed by atoms with van der Waals surface area (Å²) in [5, 5.41) is 1.51. The molecule has 0 aliphatic rings. The first-order valence-electron chi connectivity index (χ1n) is 3.11. The largest absolute Gasteiger partial charge is 0.403 e. The second kappa shape index (κ2) is 3.26. The fourth-order valence-electron chi connectivity index (χ4n) is 0.774. The molecule has 0 radical (unpaired) electrons. The molecular weight excluding hydrogens is 189 g/mol. The van der Waals surface area contributed by atoms with E-state index in [-0.39, 0.29) is 11.2 Å². The SMILES string of the molecule is O=CC(c1cccs1)C(F)(F)F. The minimum absolute atomic E-state index is 0.0394. The van der Waals surface area contributed by atoms with Gasteiger partial charge in [-0.05, 0) is 11.4 Å². The number of carbonyl (C=O) groups excluding carboxylic acids is 1. The summed E-state index contributed by atoms with van der Waals surface area (Å²) in [6.07, 6.45) is -4.54. The highest BCUT2D eigenvalue weighted by molar-refractivity contribution is 7.10. The molecule has 0 bridgehead atoms. The molecule has 0 aliphatic heterocycles. The molecule has 1 unspecified atom stereocenters. The van der Waals surface area contributed by atoms with Crippen molar-refractivity contribution in [2.45, 2.75) is 12.1 Å². The highest BCUT2D eigenvalue weighted by atomic mass is 32.1. The molecule has 0 aliphatic carbocycles. The molecule has 12 heavy (non-hydrogen) atoms. The normalized spacial score (nSPS) is 14.2. The van der Waals surface area contributed by atoms with Crippen LogP contribution in [0.5, 0.6) is 0 Å². The number of rotatable bonds is 2. The monoisotopic (exact) mass is 194 g/mol. The number of hydrogen-bond donors (Lipinski definition) is 0. The Bertz CT molecular complexity index is 252. The summed E-state index contributed by atoms with van der Waals surface area (Å²) < 4.78 is 36.2. The predicted octanol–water partition coefficient (Wildman–Crippen LogP) is 2.59. The van der Waals surface area contributed by atoms with Crippen LogP contribution in [-0.4, -0.2) is 12.5 Å². The van der Waals surface area contributed by atoms with E-state index in [9.17, 15) is 18.0 Å². The maximum atomic E-state index is 12.1. The first-order chi connectivity index (χ1) is 5.55. The van der Waals surface area contributed by atoms with Crippen LogP contribution in [0.25, 0.3) is 0 Å². The van der Waals surface area contributed by atoms with E-state index < -0.39 is 12.1 Å². The Labute approximate surface area is 70.8 Å². The van der Waals surface area contributed by atoms with Crippen molar-refractivity contribution < 1.29 is 18.0 Å². The molecule has 0 saturated carbocycles. The van der Waals surface area contributed by atoms with Crippen molar-refractivity contribution >= 4 is 17.6 Å². The molecule has 0 fully saturated rings. The third-order valence-corrected chi connectivity index (χ3v) is 2.29. The summed E-state index contributed by atoms with van der Waals surface area (Å²) in [5.41, 5.74) is 0. The molecule has 0 aromatic carbocycles. The Morgan fingerprint density at radius 1 is 1.50 bits per heavy atom. The second-order valence-electron chi connectivity index (χ2n) is 2.17. The van der Waals surface area contributed by atoms with Gasteiger partial charge in [0.1, 0.15) is 12.2 Å². The van der Waals surface area contributed by atoms with Crippen LogP contribution in [0, 0.1) is 0 Å². The third kappa shape index (κ3) is 1.85. The van der Waals surface area contributed by atoms with Crippen LogP contribution in [0.2, 0.25) is 0 Å². The van der Waals surface area contributed by atoms with Gasteiger partial charge >= 0.3 is 6.18 Å². The second-order valence-corrected chi connectivity index (χ2v) is 3.15. The van der Waals surface area contributed by atoms with E-state index in [4.69, 9.17) is 0 Å². The molecule has 0 saturated heterocycles. The number of alkyl halides is 3. The lowest BCUT2D eigenvalue weighted by Gasteiger charge is -2.11. The highest BCUT2D eigenvalue weighted by Gasteiger charge is 2.41. The van der Waals surface area contributed by atoms with Crippen molar-refractivity contribution in [1.82, 2.24) is 0 Å². The van der Waals surface area contributed by atoms with Gasteiger partial charge < -0.3 is 4.79 Å². The molecule has 1 nitrogen and oxygen atoms in total. The zero-order valence-corrected chi connectivity index (χ0v) is 6.65. The van der Waals surface area contributed by atoms with Gasteiger partial charge in [0.15, 0.2) is 0 Å². The van der Waals surface area contributed by atoms with Crippen LogP contribution < -0.4 is 0 Å². The first kappa shape index (κ1) is 9.25. The number of carbonyl (C=O) groups is 1. The fraction of sp³-hybridized carbons (Fsp3) is 0.286. The van der Waals surface area contributed by atoms with Crippen molar-refractivity contribution in [2.75, 3.05) is 0 Å². The highest BCUT2D eigenvalue weighted by Crippen LogP contribution is 2.35. The van der Waals surface area contributed by atoms with Gasteiger partial charge in [0.05, 0.1) is 0 Å². The Morgan fingerprint density at radius 3 is 2.50 bits per heavy atom. The summed E-state index contributed by atoms with van der Waals surface area (Å²) >= 11 is 0.931. The molecule has 1 heterocycles. The van der Waals surface area contributed by atoms with Gasteiger partial charge in [0.2, 0.25) is 0 Å². The van der Waals surface area contributed by atoms with Gasteiger partial charge in [-0.2, -0.15) is 13.2 Å². The summed E-state index contributed by atoms with van der Waals surface area (Å²) in [7, 11) is 0. The molecular formula is C7H5F3OS. The van der Waals surface area contributed by atoms with Crippen LogP contribution in [0.1, 0.15) is 10.8 Å². The van der Waals surface area contributed by atoms with Crippen molar-refractivity contribution in [3.05, 3.63) is 22.4 Å². The lowest BCUT2D eigenvalue weighted by Crippen LogP contribution is -2.20. The van der Waals surface area contributed by atoms with Crippen molar-refractivity contribution in [2.24, 2.45) is 0 Å². The van der Waals surface area contributed by atoms with E-state index in [1.165, 1.54) is 17.5 Å². The maximum Gasteiger partial charge on any atom is 0.403 e. The first-order valence-corrected chi connectivity index (χ1v) is 3.99. The Hall–Kier alpha value is -0.840. The van der Waals surface area contributed by atoms with E-state index in [0.717, 1.165) is 11.3 Å². The van der Waals surface area contributed by atoms with Crippen molar-refractivity contribution in [1.29, 1.82) is 0 Å². The lowest BCUT2D eigenvalue weighted by molar-refractivity contribution is -0.155. The number of thiophene rings is 1. The Balaban J connectivity index is 2.91. The minimum atomic E-state index is -4.47. The number of hydrogen-bond acceptors (Lipinski definition) is 2.